The number of rotatable bonds is 4. The van der Waals surface area contributed by atoms with Gasteiger partial charge in [0.05, 0.1) is 4.90 Å². The number of nitrogens with zero attached hydrogens (tertiary/aromatic N) is 2. The first kappa shape index (κ1) is 22.2. The molecule has 0 atom stereocenters. The molecule has 1 aliphatic heterocycles. The van der Waals surface area contributed by atoms with Gasteiger partial charge < -0.3 is 22.2 Å². The lowest BCUT2D eigenvalue weighted by Gasteiger charge is -2.32. The van der Waals surface area contributed by atoms with Gasteiger partial charge in [-0.05, 0) is 50.7 Å². The van der Waals surface area contributed by atoms with Crippen LogP contribution in [-0.2, 0) is 10.0 Å². The van der Waals surface area contributed by atoms with Crippen LogP contribution < -0.4 is 17.1 Å². The van der Waals surface area contributed by atoms with Gasteiger partial charge >= 0.3 is 1.43 Å². The summed E-state index contributed by atoms with van der Waals surface area (Å²) in [7, 11) is -1.74. The van der Waals surface area contributed by atoms with Crippen molar-refractivity contribution in [1.29, 1.82) is 0 Å². The van der Waals surface area contributed by atoms with Crippen LogP contribution in [0, 0.1) is 13.8 Å². The van der Waals surface area contributed by atoms with Crippen LogP contribution in [0.15, 0.2) is 47.4 Å². The molecule has 28 heavy (non-hydrogen) atoms. The highest BCUT2D eigenvalue weighted by atomic mass is 35.5. The largest absolute Gasteiger partial charge is 1.00 e. The first-order valence-corrected chi connectivity index (χ1v) is 10.4. The number of hydrogen-bond acceptors (Lipinski definition) is 4. The summed E-state index contributed by atoms with van der Waals surface area (Å²) in [6, 6.07) is 11.8. The number of benzene rings is 2. The van der Waals surface area contributed by atoms with Crippen LogP contribution in [0.1, 0.15) is 22.9 Å². The summed E-state index contributed by atoms with van der Waals surface area (Å²) in [4.78, 5) is 16.9. The summed E-state index contributed by atoms with van der Waals surface area (Å²) < 4.78 is 28.1. The van der Waals surface area contributed by atoms with Crippen LogP contribution in [0.3, 0.4) is 0 Å². The molecular weight excluding hydrogens is 398 g/mol. The maximum absolute atomic E-state index is 12.9. The third-order valence-electron chi connectivity index (χ3n) is 4.84. The van der Waals surface area contributed by atoms with Crippen molar-refractivity contribution >= 4 is 21.6 Å². The van der Waals surface area contributed by atoms with Gasteiger partial charge in [-0.15, -0.1) is 0 Å². The van der Waals surface area contributed by atoms with Gasteiger partial charge in [-0.2, -0.15) is 0 Å². The van der Waals surface area contributed by atoms with E-state index in [0.29, 0.717) is 24.3 Å². The van der Waals surface area contributed by atoms with Crippen molar-refractivity contribution in [1.82, 2.24) is 9.80 Å². The van der Waals surface area contributed by atoms with Crippen LogP contribution in [0.5, 0.6) is 0 Å². The molecule has 1 amide bonds. The van der Waals surface area contributed by atoms with E-state index in [9.17, 15) is 13.2 Å². The summed E-state index contributed by atoms with van der Waals surface area (Å²) in [5.41, 5.74) is 2.75. The van der Waals surface area contributed by atoms with E-state index in [1.165, 1.54) is 12.1 Å². The first-order chi connectivity index (χ1) is 12.8. The van der Waals surface area contributed by atoms with Gasteiger partial charge in [0, 0.05) is 37.4 Å². The molecule has 0 radical (unpaired) electrons. The Balaban J connectivity index is 0.00000210. The lowest BCUT2D eigenvalue weighted by molar-refractivity contribution is -0.0000188. The van der Waals surface area contributed by atoms with Gasteiger partial charge in [0.1, 0.15) is 0 Å². The minimum atomic E-state index is -3.77. The zero-order valence-electron chi connectivity index (χ0n) is 17.3. The van der Waals surface area contributed by atoms with Gasteiger partial charge in [-0.25, -0.2) is 8.42 Å². The maximum Gasteiger partial charge on any atom is 1.00 e. The molecule has 0 bridgehead atoms. The van der Waals surface area contributed by atoms with Gasteiger partial charge in [0.2, 0.25) is 0 Å². The number of carbonyl (C=O) groups excluding carboxylic acids is 1. The van der Waals surface area contributed by atoms with Gasteiger partial charge in [0.25, 0.3) is 15.9 Å². The highest BCUT2D eigenvalue weighted by molar-refractivity contribution is 7.92. The summed E-state index contributed by atoms with van der Waals surface area (Å²) in [6.07, 6.45) is 0. The number of sulfonamides is 1. The van der Waals surface area contributed by atoms with E-state index < -0.39 is 10.0 Å². The average molecular weight is 424 g/mol. The molecule has 6 nitrogen and oxygen atoms in total. The van der Waals surface area contributed by atoms with Crippen molar-refractivity contribution in [3.05, 3.63) is 59.2 Å². The van der Waals surface area contributed by atoms with Crippen LogP contribution in [-0.4, -0.2) is 57.4 Å². The normalized spacial score (nSPS) is 15.0. The Bertz CT molecular complexity index is 944. The number of likely N-dealkylation sites (N-methyl/N-ethyl adjacent to an activating group) is 1. The standard InChI is InChI=1S/C20H25N3O3S.ClH/c1-15-4-7-17(8-5-15)21-27(25,26)18-9-6-16(2)19(14-18)20(24)23-12-10-22(3)11-13-23;/h4-9,14,21H,10-13H2,1-3H3;1H. The number of hydrogen-bond donors (Lipinski definition) is 1. The van der Waals surface area contributed by atoms with Crippen molar-refractivity contribution in [3.63, 3.8) is 0 Å². The summed E-state index contributed by atoms with van der Waals surface area (Å²) in [5.74, 6) is -0.118. The molecule has 8 heteroatoms. The van der Waals surface area contributed by atoms with E-state index in [0.717, 1.165) is 24.2 Å². The molecule has 3 rings (SSSR count). The van der Waals surface area contributed by atoms with Crippen molar-refractivity contribution in [3.8, 4) is 0 Å². The van der Waals surface area contributed by atoms with Crippen LogP contribution >= 0.6 is 0 Å². The number of carbonyl (C=O) groups is 1. The second-order valence-electron chi connectivity index (χ2n) is 7.04. The Kier molecular flexibility index (Phi) is 7.09. The zero-order valence-corrected chi connectivity index (χ0v) is 17.8. The van der Waals surface area contributed by atoms with E-state index in [1.807, 2.05) is 33.0 Å². The van der Waals surface area contributed by atoms with Crippen LogP contribution in [0.4, 0.5) is 5.69 Å². The molecule has 0 aliphatic carbocycles. The minimum absolute atomic E-state index is 0. The van der Waals surface area contributed by atoms with Gasteiger partial charge in [-0.1, -0.05) is 23.8 Å². The average Bonchev–Trinajstić information content (AvgIpc) is 2.64. The lowest BCUT2D eigenvalue weighted by Crippen LogP contribution is -3.00. The van der Waals surface area contributed by atoms with Crippen molar-refractivity contribution < 1.29 is 27.0 Å². The Morgan fingerprint density at radius 2 is 1.61 bits per heavy atom. The molecule has 1 aliphatic rings. The van der Waals surface area contributed by atoms with E-state index >= 15 is 0 Å². The molecule has 0 spiro atoms. The second kappa shape index (κ2) is 8.94. The topological polar surface area (TPSA) is 69.7 Å². The van der Waals surface area contributed by atoms with E-state index in [4.69, 9.17) is 0 Å². The molecule has 2 aromatic carbocycles. The molecule has 1 fully saturated rings. The van der Waals surface area contributed by atoms with Gasteiger partial charge in [-0.3, -0.25) is 9.52 Å². The smallest absolute Gasteiger partial charge is 1.00 e. The molecule has 1 N–H and O–H groups in total. The molecule has 1 saturated heterocycles. The number of anilines is 1. The number of aryl methyl sites for hydroxylation is 2. The molecule has 1 heterocycles. The van der Waals surface area contributed by atoms with Crippen molar-refractivity contribution in [2.24, 2.45) is 0 Å². The van der Waals surface area contributed by atoms with Crippen molar-refractivity contribution in [2.75, 3.05) is 37.9 Å². The summed E-state index contributed by atoms with van der Waals surface area (Å²) >= 11 is 0. The number of halogens is 1. The third-order valence-corrected chi connectivity index (χ3v) is 6.22. The summed E-state index contributed by atoms with van der Waals surface area (Å²) in [5, 5.41) is 0. The maximum atomic E-state index is 12.9. The molecule has 152 valence electrons. The fourth-order valence-corrected chi connectivity index (χ4v) is 4.10. The van der Waals surface area contributed by atoms with Gasteiger partial charge in [0.15, 0.2) is 0 Å². The Hall–Kier alpha value is -2.09. The monoisotopic (exact) mass is 423 g/mol. The molecular formula is C20H26ClN3O3S. The highest BCUT2D eigenvalue weighted by Gasteiger charge is 2.24. The minimum Gasteiger partial charge on any atom is -1.00 e. The van der Waals surface area contributed by atoms with E-state index in [1.54, 1.807) is 23.1 Å². The summed E-state index contributed by atoms with van der Waals surface area (Å²) in [6.45, 7) is 6.69. The van der Waals surface area contributed by atoms with Crippen molar-refractivity contribution in [2.45, 2.75) is 18.7 Å². The SMILES string of the molecule is Cc1ccc(NS(=O)(=O)c2ccc(C)c(C(=O)N3CCN(C)CC3)c2)cc1.[Cl-].[H+]. The van der Waals surface area contributed by atoms with Crippen LogP contribution in [0.2, 0.25) is 0 Å². The molecule has 0 aromatic heterocycles. The lowest BCUT2D eigenvalue weighted by atomic mass is 10.1. The molecule has 0 saturated carbocycles. The second-order valence-corrected chi connectivity index (χ2v) is 8.73. The Labute approximate surface area is 174 Å². The first-order valence-electron chi connectivity index (χ1n) is 8.94. The highest BCUT2D eigenvalue weighted by Crippen LogP contribution is 2.21. The zero-order chi connectivity index (χ0) is 19.6. The molecule has 0 unspecified atom stereocenters. The number of amides is 1. The fourth-order valence-electron chi connectivity index (χ4n) is 3.01. The predicted octanol–water partition coefficient (Wildman–Crippen LogP) is -0.392. The van der Waals surface area contributed by atoms with Crippen LogP contribution in [0.25, 0.3) is 0 Å². The predicted molar refractivity (Wildman–Crippen MR) is 108 cm³/mol. The number of nitrogens with one attached hydrogen (secondary N) is 1. The Morgan fingerprint density at radius 3 is 2.21 bits per heavy atom. The Morgan fingerprint density at radius 1 is 1.00 bits per heavy atom. The molecule has 2 aromatic rings. The fraction of sp³-hybridized carbons (Fsp3) is 0.350. The van der Waals surface area contributed by atoms with E-state index in [2.05, 4.69) is 9.62 Å². The van der Waals surface area contributed by atoms with E-state index in [-0.39, 0.29) is 24.6 Å². The quantitative estimate of drug-likeness (QED) is 0.727. The third kappa shape index (κ3) is 5.04. The number of piperazine rings is 1.